The number of piperidine rings is 1. The second-order valence-corrected chi connectivity index (χ2v) is 28.2. The number of fused-ring (bicyclic) bond motifs is 3. The molecule has 1 saturated carbocycles. The van der Waals surface area contributed by atoms with Gasteiger partial charge in [0.25, 0.3) is 11.7 Å². The van der Waals surface area contributed by atoms with Gasteiger partial charge in [0.2, 0.25) is 5.79 Å². The van der Waals surface area contributed by atoms with Crippen molar-refractivity contribution in [3.63, 3.8) is 0 Å². The number of rotatable bonds is 8. The van der Waals surface area contributed by atoms with Gasteiger partial charge < -0.3 is 43.2 Å². The molecule has 0 aromatic carbocycles. The average molecular weight is 1030 g/mol. The van der Waals surface area contributed by atoms with Gasteiger partial charge in [-0.25, -0.2) is 4.79 Å². The molecule has 1 unspecified atom stereocenters. The Bertz CT molecular complexity index is 1970. The molecule has 408 valence electrons. The molecule has 2 saturated heterocycles. The highest BCUT2D eigenvalue weighted by Crippen LogP contribution is 2.42. The molecule has 14 nitrogen and oxygen atoms in total. The van der Waals surface area contributed by atoms with Crippen LogP contribution in [0, 0.1) is 35.5 Å². The van der Waals surface area contributed by atoms with Gasteiger partial charge in [-0.2, -0.15) is 0 Å². The van der Waals surface area contributed by atoms with Crippen molar-refractivity contribution in [1.29, 1.82) is 0 Å². The Morgan fingerprint density at radius 2 is 1.56 bits per heavy atom. The summed E-state index contributed by atoms with van der Waals surface area (Å²) in [7, 11) is 2.62. The van der Waals surface area contributed by atoms with Crippen molar-refractivity contribution in [2.24, 2.45) is 35.5 Å². The number of nitrogens with zero attached hydrogens (tertiary/aromatic N) is 1. The van der Waals surface area contributed by atoms with Gasteiger partial charge in [-0.05, 0) is 125 Å². The van der Waals surface area contributed by atoms with Gasteiger partial charge in [0.05, 0.1) is 30.5 Å². The van der Waals surface area contributed by atoms with Crippen LogP contribution < -0.4 is 0 Å². The van der Waals surface area contributed by atoms with Gasteiger partial charge >= 0.3 is 5.97 Å². The number of Topliss-reactive ketones (excluding diaryl/α,β-unsaturated/α-hetero) is 3. The number of hydrogen-bond donors (Lipinski definition) is 2. The number of aliphatic hydroxyl groups is 2. The highest BCUT2D eigenvalue weighted by molar-refractivity contribution is 6.74. The number of amides is 1. The number of allylic oxidation sites excluding steroid dienone is 6. The minimum atomic E-state index is -2.43. The van der Waals surface area contributed by atoms with Crippen molar-refractivity contribution in [2.45, 2.75) is 219 Å². The Labute approximate surface area is 433 Å². The van der Waals surface area contributed by atoms with Gasteiger partial charge in [-0.15, -0.1) is 0 Å². The Morgan fingerprint density at radius 1 is 0.861 bits per heavy atom. The molecule has 2 N–H and O–H groups in total. The Hall–Kier alpha value is -3.15. The van der Waals surface area contributed by atoms with E-state index >= 15 is 0 Å². The second-order valence-electron chi connectivity index (χ2n) is 23.5. The number of aliphatic hydroxyl groups excluding tert-OH is 1. The lowest BCUT2D eigenvalue weighted by Gasteiger charge is -2.44. The third-order valence-electron chi connectivity index (χ3n) is 16.7. The SMILES string of the molecule is CO[C@H]1C[C@@H]2CC[C@@H](C)[C@@](O)(O2)C(=O)C(=O)N2CCCC[C@H]2C(=O)O[C@H]([C@H](C)C[C@@H]2CC[C@@H](O[Si](C)(C)C(C)(C)C)[C@H](OC)C2)CC(=O)C(C)=CC(C)[C@@H](O)[C@@H](OC)C(=O)[C@H](C)C[C@H](C)C=CC=CC=C1C. The van der Waals surface area contributed by atoms with E-state index in [1.807, 2.05) is 58.1 Å². The van der Waals surface area contributed by atoms with Crippen molar-refractivity contribution in [2.75, 3.05) is 27.9 Å². The van der Waals surface area contributed by atoms with Crippen molar-refractivity contribution < 1.29 is 62.3 Å². The lowest BCUT2D eigenvalue weighted by molar-refractivity contribution is -0.265. The van der Waals surface area contributed by atoms with E-state index in [0.29, 0.717) is 50.5 Å². The first kappa shape index (κ1) is 61.4. The summed E-state index contributed by atoms with van der Waals surface area (Å²) in [5.74, 6) is -7.75. The molecule has 15 heteroatoms. The van der Waals surface area contributed by atoms with E-state index in [9.17, 15) is 34.2 Å². The van der Waals surface area contributed by atoms with Crippen LogP contribution in [-0.4, -0.2) is 135 Å². The molecule has 2 bridgehead atoms. The Kier molecular flexibility index (Phi) is 23.1. The van der Waals surface area contributed by atoms with Crippen molar-refractivity contribution >= 4 is 37.5 Å². The molecule has 15 atom stereocenters. The smallest absolute Gasteiger partial charge is 0.329 e. The molecule has 3 heterocycles. The van der Waals surface area contributed by atoms with Gasteiger partial charge in [0, 0.05) is 58.5 Å². The number of ketones is 3. The number of methoxy groups -OCH3 is 3. The maximum Gasteiger partial charge on any atom is 0.329 e. The minimum absolute atomic E-state index is 0.0236. The van der Waals surface area contributed by atoms with E-state index in [4.69, 9.17) is 28.1 Å². The van der Waals surface area contributed by atoms with Crippen LogP contribution >= 0.6 is 0 Å². The Morgan fingerprint density at radius 3 is 2.19 bits per heavy atom. The third-order valence-corrected chi connectivity index (χ3v) is 21.2. The molecule has 1 aliphatic carbocycles. The standard InChI is InChI=1S/C57H93NO13Si/c1-35-21-17-16-18-22-36(2)47(66-11)33-43-26-24-41(7)57(65,70-43)53(62)54(63)58-28-20-19-23-44(58)55(64)69-48(34-45(59)37(3)30-40(6)51(61)52(68-13)50(60)39(5)29-35)38(4)31-42-25-27-46(49(32-42)67-12)71-72(14,15)56(8,9)10/h16-18,21-22,30,35,38-44,46-49,51-52,61,65H,19-20,23-29,31-34H2,1-15H3/t35-,38-,39-,40?,41-,42+,43+,44+,46-,47+,48+,49-,51-,52+,57-/m1/s1. The Balaban J connectivity index is 1.70. The quantitative estimate of drug-likeness (QED) is 0.133. The minimum Gasteiger partial charge on any atom is -0.460 e. The zero-order valence-electron chi connectivity index (χ0n) is 46.6. The molecule has 4 rings (SSSR count). The summed E-state index contributed by atoms with van der Waals surface area (Å²) in [4.78, 5) is 72.6. The maximum atomic E-state index is 14.6. The highest BCUT2D eigenvalue weighted by Gasteiger charge is 2.53. The monoisotopic (exact) mass is 1030 g/mol. The topological polar surface area (TPSA) is 184 Å². The van der Waals surface area contributed by atoms with Crippen LogP contribution in [0.5, 0.6) is 0 Å². The van der Waals surface area contributed by atoms with Crippen LogP contribution in [0.1, 0.15) is 146 Å². The summed E-state index contributed by atoms with van der Waals surface area (Å²) in [5, 5.41) is 23.6. The predicted molar refractivity (Wildman–Crippen MR) is 281 cm³/mol. The van der Waals surface area contributed by atoms with Gasteiger partial charge in [0.15, 0.2) is 19.9 Å². The largest absolute Gasteiger partial charge is 0.460 e. The molecule has 0 aromatic rings. The molecule has 4 aliphatic rings. The van der Waals surface area contributed by atoms with Gasteiger partial charge in [0.1, 0.15) is 18.2 Å². The fourth-order valence-corrected chi connectivity index (χ4v) is 12.2. The van der Waals surface area contributed by atoms with E-state index in [1.54, 1.807) is 41.1 Å². The van der Waals surface area contributed by atoms with Crippen LogP contribution in [0.4, 0.5) is 0 Å². The van der Waals surface area contributed by atoms with Gasteiger partial charge in [-0.1, -0.05) is 91.8 Å². The number of hydrogen-bond acceptors (Lipinski definition) is 13. The number of ether oxygens (including phenoxy) is 5. The first-order valence-corrected chi connectivity index (χ1v) is 29.8. The zero-order valence-corrected chi connectivity index (χ0v) is 47.6. The maximum absolute atomic E-state index is 14.6. The third kappa shape index (κ3) is 15.9. The summed E-state index contributed by atoms with van der Waals surface area (Å²) in [6.45, 7) is 24.1. The van der Waals surface area contributed by atoms with Crippen LogP contribution in [0.3, 0.4) is 0 Å². The van der Waals surface area contributed by atoms with E-state index < -0.39 is 86.1 Å². The van der Waals surface area contributed by atoms with E-state index in [1.165, 1.54) is 12.0 Å². The molecular weight excluding hydrogens is 935 g/mol. The molecule has 0 radical (unpaired) electrons. The van der Waals surface area contributed by atoms with E-state index in [-0.39, 0.29) is 66.0 Å². The normalized spacial score (nSPS) is 35.8. The predicted octanol–water partition coefficient (Wildman–Crippen LogP) is 9.21. The van der Waals surface area contributed by atoms with Crippen LogP contribution in [0.25, 0.3) is 0 Å². The van der Waals surface area contributed by atoms with Crippen molar-refractivity contribution in [1.82, 2.24) is 4.90 Å². The molecule has 1 amide bonds. The molecule has 3 fully saturated rings. The summed E-state index contributed by atoms with van der Waals surface area (Å²) in [6.07, 6.45) is 12.7. The number of cyclic esters (lactones) is 1. The summed E-state index contributed by atoms with van der Waals surface area (Å²) in [6, 6.07) is -1.13. The number of esters is 1. The summed E-state index contributed by atoms with van der Waals surface area (Å²) >= 11 is 0. The summed E-state index contributed by atoms with van der Waals surface area (Å²) < 4.78 is 37.0. The van der Waals surface area contributed by atoms with Crippen molar-refractivity contribution in [3.8, 4) is 0 Å². The number of carbonyl (C=O) groups is 5. The summed E-state index contributed by atoms with van der Waals surface area (Å²) in [5.41, 5.74) is 1.22. The average Bonchev–Trinajstić information content (AvgIpc) is 3.32. The highest BCUT2D eigenvalue weighted by atomic mass is 28.4. The molecule has 72 heavy (non-hydrogen) atoms. The van der Waals surface area contributed by atoms with E-state index in [0.717, 1.165) is 24.8 Å². The van der Waals surface area contributed by atoms with Crippen molar-refractivity contribution in [3.05, 3.63) is 47.6 Å². The van der Waals surface area contributed by atoms with Crippen LogP contribution in [0.2, 0.25) is 18.1 Å². The first-order chi connectivity index (χ1) is 33.7. The molecule has 3 aliphatic heterocycles. The fourth-order valence-electron chi connectivity index (χ4n) is 10.8. The van der Waals surface area contributed by atoms with E-state index in [2.05, 4.69) is 33.9 Å². The molecule has 0 spiro atoms. The second kappa shape index (κ2) is 27.1. The number of carbonyl (C=O) groups excluding carboxylic acids is 5. The van der Waals surface area contributed by atoms with Gasteiger partial charge in [-0.3, -0.25) is 19.2 Å². The van der Waals surface area contributed by atoms with Crippen LogP contribution in [-0.2, 0) is 52.1 Å². The lowest BCUT2D eigenvalue weighted by atomic mass is 9.78. The zero-order chi connectivity index (χ0) is 53.9. The molecular formula is C57H93NO13Si. The molecule has 0 aromatic heterocycles. The lowest BCUT2D eigenvalue weighted by Crippen LogP contribution is -2.61. The first-order valence-electron chi connectivity index (χ1n) is 26.9. The fraction of sp³-hybridized carbons (Fsp3) is 0.772. The van der Waals surface area contributed by atoms with Crippen LogP contribution in [0.15, 0.2) is 47.6 Å².